The maximum Gasteiger partial charge on any atom is 0.0161 e. The first-order valence-electron chi connectivity index (χ1n) is 7.06. The summed E-state index contributed by atoms with van der Waals surface area (Å²) in [5.74, 6) is 0. The number of hydrogen-bond acceptors (Lipinski definition) is 1. The van der Waals surface area contributed by atoms with E-state index in [4.69, 9.17) is 0 Å². The largest absolute Gasteiger partial charge is 0.316 e. The van der Waals surface area contributed by atoms with Crippen LogP contribution in [-0.2, 0) is 5.41 Å². The number of nitrogens with one attached hydrogen (secondary N) is 1. The van der Waals surface area contributed by atoms with Gasteiger partial charge in [-0.2, -0.15) is 0 Å². The highest BCUT2D eigenvalue weighted by Crippen LogP contribution is 2.44. The van der Waals surface area contributed by atoms with E-state index in [-0.39, 0.29) is 0 Å². The van der Waals surface area contributed by atoms with Crippen molar-refractivity contribution in [3.63, 3.8) is 0 Å². The van der Waals surface area contributed by atoms with Gasteiger partial charge in [-0.1, -0.05) is 56.5 Å². The van der Waals surface area contributed by atoms with Gasteiger partial charge in [-0.25, -0.2) is 0 Å². The molecule has 0 spiro atoms. The lowest BCUT2D eigenvalue weighted by Crippen LogP contribution is -2.45. The number of likely N-dealkylation sites (N-methyl/N-ethyl adjacent to an activating group) is 1. The van der Waals surface area contributed by atoms with Crippen LogP contribution in [-0.4, -0.2) is 13.1 Å². The summed E-state index contributed by atoms with van der Waals surface area (Å²) in [5.41, 5.74) is 1.94. The molecule has 0 bridgehead atoms. The Hall–Kier alpha value is -0.820. The number of hydrogen-bond donors (Lipinski definition) is 1. The van der Waals surface area contributed by atoms with Crippen molar-refractivity contribution in [2.75, 3.05) is 7.05 Å². The van der Waals surface area contributed by atoms with Gasteiger partial charge >= 0.3 is 0 Å². The van der Waals surface area contributed by atoms with Crippen molar-refractivity contribution in [3.05, 3.63) is 35.9 Å². The molecule has 1 aromatic carbocycles. The lowest BCUT2D eigenvalue weighted by molar-refractivity contribution is 0.293. The topological polar surface area (TPSA) is 12.0 Å². The van der Waals surface area contributed by atoms with Crippen molar-refractivity contribution in [1.82, 2.24) is 5.32 Å². The third kappa shape index (κ3) is 2.40. The Labute approximate surface area is 106 Å². The van der Waals surface area contributed by atoms with Gasteiger partial charge in [0.25, 0.3) is 0 Å². The van der Waals surface area contributed by atoms with E-state index in [0.29, 0.717) is 11.5 Å². The van der Waals surface area contributed by atoms with Gasteiger partial charge in [0.1, 0.15) is 0 Å². The Kier molecular flexibility index (Phi) is 4.22. The highest BCUT2D eigenvalue weighted by Gasteiger charge is 2.41. The Balaban J connectivity index is 2.32. The van der Waals surface area contributed by atoms with Crippen molar-refractivity contribution >= 4 is 0 Å². The van der Waals surface area contributed by atoms with Crippen LogP contribution >= 0.6 is 0 Å². The molecular weight excluding hydrogens is 206 g/mol. The zero-order valence-electron chi connectivity index (χ0n) is 11.2. The molecule has 2 rings (SSSR count). The molecular formula is C16H25N. The molecule has 0 amide bonds. The molecule has 0 aromatic heterocycles. The van der Waals surface area contributed by atoms with Crippen LogP contribution in [0.2, 0.25) is 0 Å². The third-order valence-electron chi connectivity index (χ3n) is 4.44. The number of rotatable bonds is 5. The summed E-state index contributed by atoms with van der Waals surface area (Å²) in [5, 5.41) is 3.58. The van der Waals surface area contributed by atoms with E-state index in [1.165, 1.54) is 38.5 Å². The first-order valence-corrected chi connectivity index (χ1v) is 7.06. The second-order valence-electron chi connectivity index (χ2n) is 5.36. The summed E-state index contributed by atoms with van der Waals surface area (Å²) < 4.78 is 0. The van der Waals surface area contributed by atoms with E-state index >= 15 is 0 Å². The van der Waals surface area contributed by atoms with E-state index in [1.807, 2.05) is 0 Å². The zero-order chi connectivity index (χ0) is 12.1. The monoisotopic (exact) mass is 231 g/mol. The van der Waals surface area contributed by atoms with Gasteiger partial charge < -0.3 is 5.32 Å². The fraction of sp³-hybridized carbons (Fsp3) is 0.625. The molecule has 1 fully saturated rings. The summed E-state index contributed by atoms with van der Waals surface area (Å²) in [6, 6.07) is 11.8. The first-order chi connectivity index (χ1) is 8.33. The van der Waals surface area contributed by atoms with Crippen LogP contribution in [0, 0.1) is 0 Å². The predicted octanol–water partition coefficient (Wildman–Crippen LogP) is 3.89. The summed E-state index contributed by atoms with van der Waals surface area (Å²) in [4.78, 5) is 0. The second kappa shape index (κ2) is 5.68. The normalized spacial score (nSPS) is 20.4. The smallest absolute Gasteiger partial charge is 0.0161 e. The fourth-order valence-corrected chi connectivity index (χ4v) is 3.60. The molecule has 1 nitrogen and oxygen atoms in total. The van der Waals surface area contributed by atoms with Gasteiger partial charge in [0, 0.05) is 11.5 Å². The molecule has 1 aliphatic rings. The Morgan fingerprint density at radius 3 is 2.35 bits per heavy atom. The SMILES string of the molecule is CCCC(NC)C1(c2ccccc2)CCCC1. The van der Waals surface area contributed by atoms with Gasteiger partial charge in [-0.3, -0.25) is 0 Å². The molecule has 1 unspecified atom stereocenters. The lowest BCUT2D eigenvalue weighted by atomic mass is 9.71. The minimum atomic E-state index is 0.395. The van der Waals surface area contributed by atoms with Crippen LogP contribution in [0.3, 0.4) is 0 Å². The molecule has 0 saturated heterocycles. The number of benzene rings is 1. The van der Waals surface area contributed by atoms with Crippen LogP contribution in [0.1, 0.15) is 51.0 Å². The summed E-state index contributed by atoms with van der Waals surface area (Å²) in [6.45, 7) is 2.29. The second-order valence-corrected chi connectivity index (χ2v) is 5.36. The highest BCUT2D eigenvalue weighted by atomic mass is 14.9. The summed E-state index contributed by atoms with van der Waals surface area (Å²) in [7, 11) is 2.13. The van der Waals surface area contributed by atoms with Gasteiger partial charge in [0.05, 0.1) is 0 Å². The molecule has 17 heavy (non-hydrogen) atoms. The average molecular weight is 231 g/mol. The van der Waals surface area contributed by atoms with Crippen molar-refractivity contribution in [2.45, 2.75) is 56.9 Å². The quantitative estimate of drug-likeness (QED) is 0.810. The van der Waals surface area contributed by atoms with Gasteiger partial charge in [-0.05, 0) is 31.9 Å². The first kappa shape index (κ1) is 12.6. The Morgan fingerprint density at radius 2 is 1.82 bits per heavy atom. The van der Waals surface area contributed by atoms with Crippen LogP contribution in [0.5, 0.6) is 0 Å². The van der Waals surface area contributed by atoms with E-state index in [2.05, 4.69) is 49.6 Å². The van der Waals surface area contributed by atoms with Crippen molar-refractivity contribution in [2.24, 2.45) is 0 Å². The molecule has 1 atom stereocenters. The van der Waals surface area contributed by atoms with Crippen molar-refractivity contribution < 1.29 is 0 Å². The molecule has 1 aromatic rings. The molecule has 0 radical (unpaired) electrons. The molecule has 0 aliphatic heterocycles. The fourth-order valence-electron chi connectivity index (χ4n) is 3.60. The van der Waals surface area contributed by atoms with E-state index in [0.717, 1.165) is 0 Å². The average Bonchev–Trinajstić information content (AvgIpc) is 2.87. The van der Waals surface area contributed by atoms with Crippen LogP contribution in [0.25, 0.3) is 0 Å². The van der Waals surface area contributed by atoms with Crippen molar-refractivity contribution in [1.29, 1.82) is 0 Å². The predicted molar refractivity (Wildman–Crippen MR) is 74.3 cm³/mol. The van der Waals surface area contributed by atoms with E-state index < -0.39 is 0 Å². The molecule has 1 saturated carbocycles. The summed E-state index contributed by atoms with van der Waals surface area (Å²) >= 11 is 0. The lowest BCUT2D eigenvalue weighted by Gasteiger charge is -2.38. The van der Waals surface area contributed by atoms with Crippen LogP contribution < -0.4 is 5.32 Å². The molecule has 1 heteroatoms. The van der Waals surface area contributed by atoms with Gasteiger partial charge in [-0.15, -0.1) is 0 Å². The maximum atomic E-state index is 3.58. The minimum absolute atomic E-state index is 0.395. The highest BCUT2D eigenvalue weighted by molar-refractivity contribution is 5.29. The van der Waals surface area contributed by atoms with Crippen molar-refractivity contribution in [3.8, 4) is 0 Å². The van der Waals surface area contributed by atoms with E-state index in [9.17, 15) is 0 Å². The van der Waals surface area contributed by atoms with Gasteiger partial charge in [0.15, 0.2) is 0 Å². The van der Waals surface area contributed by atoms with E-state index in [1.54, 1.807) is 5.56 Å². The molecule has 1 N–H and O–H groups in total. The van der Waals surface area contributed by atoms with Gasteiger partial charge in [0.2, 0.25) is 0 Å². The Morgan fingerprint density at radius 1 is 1.18 bits per heavy atom. The minimum Gasteiger partial charge on any atom is -0.316 e. The standard InChI is InChI=1S/C16H25N/c1-3-9-15(17-2)16(12-7-8-13-16)14-10-5-4-6-11-14/h4-6,10-11,15,17H,3,7-9,12-13H2,1-2H3. The maximum absolute atomic E-state index is 3.58. The zero-order valence-corrected chi connectivity index (χ0v) is 11.2. The molecule has 1 aliphatic carbocycles. The summed E-state index contributed by atoms with van der Waals surface area (Å²) in [6.07, 6.45) is 8.02. The third-order valence-corrected chi connectivity index (χ3v) is 4.44. The molecule has 0 heterocycles. The Bertz CT molecular complexity index is 325. The molecule has 94 valence electrons. The van der Waals surface area contributed by atoms with Crippen LogP contribution in [0.4, 0.5) is 0 Å². The van der Waals surface area contributed by atoms with Crippen LogP contribution in [0.15, 0.2) is 30.3 Å².